The van der Waals surface area contributed by atoms with Crippen LogP contribution in [0.2, 0.25) is 0 Å². The second-order valence-corrected chi connectivity index (χ2v) is 5.55. The Morgan fingerprint density at radius 2 is 1.94 bits per heavy atom. The Morgan fingerprint density at radius 3 is 2.50 bits per heavy atom. The average Bonchev–Trinajstić information content (AvgIpc) is 2.36. The number of halogens is 1. The van der Waals surface area contributed by atoms with Gasteiger partial charge in [-0.3, -0.25) is 4.79 Å². The molecular weight excluding hydrogens is 294 g/mol. The Kier molecular flexibility index (Phi) is 6.36. The molecule has 0 aliphatic carbocycles. The molecule has 1 aromatic rings. The fourth-order valence-electron chi connectivity index (χ4n) is 1.65. The number of aliphatic hydroxyl groups excluding tert-OH is 1. The minimum atomic E-state index is -0.153. The first-order valence-corrected chi connectivity index (χ1v) is 6.98. The molecule has 0 aliphatic heterocycles. The third-order valence-corrected chi connectivity index (χ3v) is 3.54. The molecule has 1 rings (SSSR count). The molecule has 1 amide bonds. The third kappa shape index (κ3) is 4.78. The van der Waals surface area contributed by atoms with Crippen molar-refractivity contribution in [3.63, 3.8) is 0 Å². The maximum atomic E-state index is 12.0. The molecule has 100 valence electrons. The maximum Gasteiger partial charge on any atom is 0.227 e. The van der Waals surface area contributed by atoms with Crippen LogP contribution in [-0.2, 0) is 4.79 Å². The van der Waals surface area contributed by atoms with Gasteiger partial charge < -0.3 is 10.4 Å². The molecule has 0 saturated heterocycles. The summed E-state index contributed by atoms with van der Waals surface area (Å²) in [5.41, 5.74) is 1.01. The Bertz CT molecular complexity index is 378. The van der Waals surface area contributed by atoms with Crippen LogP contribution in [0.1, 0.15) is 31.7 Å². The summed E-state index contributed by atoms with van der Waals surface area (Å²) in [5, 5.41) is 11.7. The fraction of sp³-hybridized carbons (Fsp3) is 0.500. The minimum absolute atomic E-state index is 0.0297. The molecule has 0 radical (unpaired) electrons. The van der Waals surface area contributed by atoms with Gasteiger partial charge in [-0.05, 0) is 37.0 Å². The summed E-state index contributed by atoms with van der Waals surface area (Å²) in [6.45, 7) is 4.69. The van der Waals surface area contributed by atoms with Crippen molar-refractivity contribution in [2.45, 2.75) is 26.2 Å². The lowest BCUT2D eigenvalue weighted by Gasteiger charge is -2.15. The molecule has 2 atom stereocenters. The fourth-order valence-corrected chi connectivity index (χ4v) is 1.92. The maximum absolute atomic E-state index is 12.0. The van der Waals surface area contributed by atoms with E-state index in [0.717, 1.165) is 10.0 Å². The summed E-state index contributed by atoms with van der Waals surface area (Å²) in [7, 11) is 0. The number of carbonyl (C=O) groups is 1. The zero-order valence-electron chi connectivity index (χ0n) is 10.8. The summed E-state index contributed by atoms with van der Waals surface area (Å²) < 4.78 is 1.01. The summed E-state index contributed by atoms with van der Waals surface area (Å²) in [4.78, 5) is 12.0. The molecule has 0 spiro atoms. The molecule has 0 aliphatic rings. The molecule has 18 heavy (non-hydrogen) atoms. The normalized spacial score (nSPS) is 14.0. The molecule has 1 aromatic carbocycles. The highest BCUT2D eigenvalue weighted by molar-refractivity contribution is 9.10. The summed E-state index contributed by atoms with van der Waals surface area (Å²) >= 11 is 3.37. The summed E-state index contributed by atoms with van der Waals surface area (Å²) in [6.07, 6.45) is 0.715. The standard InChI is InChI=1S/C14H20BrNO2/c1-10(7-8-17)9-16-14(18)11(2)12-3-5-13(15)6-4-12/h3-6,10-11,17H,7-9H2,1-2H3,(H,16,18)/t10-,11+/m0/s1. The van der Waals surface area contributed by atoms with E-state index in [4.69, 9.17) is 5.11 Å². The molecule has 3 nitrogen and oxygen atoms in total. The van der Waals surface area contributed by atoms with Gasteiger partial charge in [-0.2, -0.15) is 0 Å². The predicted octanol–water partition coefficient (Wildman–Crippen LogP) is 2.69. The van der Waals surface area contributed by atoms with Crippen LogP contribution in [0.3, 0.4) is 0 Å². The summed E-state index contributed by atoms with van der Waals surface area (Å²) in [5.74, 6) is 0.178. The molecule has 2 N–H and O–H groups in total. The van der Waals surface area contributed by atoms with Crippen LogP contribution in [0.5, 0.6) is 0 Å². The van der Waals surface area contributed by atoms with E-state index in [1.165, 1.54) is 0 Å². The van der Waals surface area contributed by atoms with Crippen molar-refractivity contribution in [2.75, 3.05) is 13.2 Å². The van der Waals surface area contributed by atoms with Gasteiger partial charge in [0.1, 0.15) is 0 Å². The van der Waals surface area contributed by atoms with Crippen LogP contribution in [0.4, 0.5) is 0 Å². The van der Waals surface area contributed by atoms with Crippen molar-refractivity contribution in [3.8, 4) is 0 Å². The van der Waals surface area contributed by atoms with Crippen molar-refractivity contribution in [2.24, 2.45) is 5.92 Å². The molecular formula is C14H20BrNO2. The zero-order valence-corrected chi connectivity index (χ0v) is 12.4. The van der Waals surface area contributed by atoms with Gasteiger partial charge in [0, 0.05) is 17.6 Å². The molecule has 0 heterocycles. The monoisotopic (exact) mass is 313 g/mol. The summed E-state index contributed by atoms with van der Waals surface area (Å²) in [6, 6.07) is 7.78. The van der Waals surface area contributed by atoms with Crippen molar-refractivity contribution < 1.29 is 9.90 Å². The van der Waals surface area contributed by atoms with Crippen molar-refractivity contribution in [1.29, 1.82) is 0 Å². The van der Waals surface area contributed by atoms with Gasteiger partial charge in [-0.1, -0.05) is 35.0 Å². The molecule has 0 bridgehead atoms. The number of rotatable bonds is 6. The Hall–Kier alpha value is -0.870. The first-order chi connectivity index (χ1) is 8.54. The molecule has 0 saturated carbocycles. The predicted molar refractivity (Wildman–Crippen MR) is 76.4 cm³/mol. The Labute approximate surface area is 117 Å². The van der Waals surface area contributed by atoms with Gasteiger partial charge >= 0.3 is 0 Å². The molecule has 0 unspecified atom stereocenters. The highest BCUT2D eigenvalue weighted by Crippen LogP contribution is 2.18. The number of carbonyl (C=O) groups excluding carboxylic acids is 1. The molecule has 0 fully saturated rings. The van der Waals surface area contributed by atoms with Crippen LogP contribution in [0.15, 0.2) is 28.7 Å². The highest BCUT2D eigenvalue weighted by atomic mass is 79.9. The van der Waals surface area contributed by atoms with E-state index >= 15 is 0 Å². The van der Waals surface area contributed by atoms with Gasteiger partial charge in [0.15, 0.2) is 0 Å². The topological polar surface area (TPSA) is 49.3 Å². The largest absolute Gasteiger partial charge is 0.396 e. The number of hydrogen-bond acceptors (Lipinski definition) is 2. The van der Waals surface area contributed by atoms with E-state index in [1.807, 2.05) is 38.1 Å². The van der Waals surface area contributed by atoms with E-state index in [-0.39, 0.29) is 18.4 Å². The quantitative estimate of drug-likeness (QED) is 0.848. The van der Waals surface area contributed by atoms with E-state index in [0.29, 0.717) is 18.9 Å². The Morgan fingerprint density at radius 1 is 1.33 bits per heavy atom. The zero-order chi connectivity index (χ0) is 13.5. The van der Waals surface area contributed by atoms with Crippen LogP contribution in [0, 0.1) is 5.92 Å². The average molecular weight is 314 g/mol. The van der Waals surface area contributed by atoms with Crippen LogP contribution in [0.25, 0.3) is 0 Å². The SMILES string of the molecule is C[C@@H](CCO)CNC(=O)[C@H](C)c1ccc(Br)cc1. The molecule has 4 heteroatoms. The van der Waals surface area contributed by atoms with E-state index in [1.54, 1.807) is 0 Å². The number of amides is 1. The van der Waals surface area contributed by atoms with E-state index in [2.05, 4.69) is 21.2 Å². The first kappa shape index (κ1) is 15.2. The molecule has 0 aromatic heterocycles. The smallest absolute Gasteiger partial charge is 0.227 e. The highest BCUT2D eigenvalue weighted by Gasteiger charge is 2.15. The van der Waals surface area contributed by atoms with Crippen molar-refractivity contribution in [1.82, 2.24) is 5.32 Å². The second kappa shape index (κ2) is 7.54. The third-order valence-electron chi connectivity index (χ3n) is 3.01. The second-order valence-electron chi connectivity index (χ2n) is 4.64. The van der Waals surface area contributed by atoms with Crippen molar-refractivity contribution >= 4 is 21.8 Å². The lowest BCUT2D eigenvalue weighted by molar-refractivity contribution is -0.122. The van der Waals surface area contributed by atoms with Gasteiger partial charge in [-0.15, -0.1) is 0 Å². The van der Waals surface area contributed by atoms with Gasteiger partial charge in [0.05, 0.1) is 5.92 Å². The number of hydrogen-bond donors (Lipinski definition) is 2. The minimum Gasteiger partial charge on any atom is -0.396 e. The number of aliphatic hydroxyl groups is 1. The van der Waals surface area contributed by atoms with Gasteiger partial charge in [0.2, 0.25) is 5.91 Å². The lowest BCUT2D eigenvalue weighted by Crippen LogP contribution is -2.32. The van der Waals surface area contributed by atoms with Gasteiger partial charge in [-0.25, -0.2) is 0 Å². The number of benzene rings is 1. The Balaban J connectivity index is 2.48. The lowest BCUT2D eigenvalue weighted by atomic mass is 10.00. The van der Waals surface area contributed by atoms with E-state index in [9.17, 15) is 4.79 Å². The van der Waals surface area contributed by atoms with Gasteiger partial charge in [0.25, 0.3) is 0 Å². The number of nitrogens with one attached hydrogen (secondary N) is 1. The van der Waals surface area contributed by atoms with E-state index < -0.39 is 0 Å². The van der Waals surface area contributed by atoms with Crippen LogP contribution < -0.4 is 5.32 Å². The first-order valence-electron chi connectivity index (χ1n) is 6.18. The van der Waals surface area contributed by atoms with Crippen LogP contribution >= 0.6 is 15.9 Å². The van der Waals surface area contributed by atoms with Crippen molar-refractivity contribution in [3.05, 3.63) is 34.3 Å². The van der Waals surface area contributed by atoms with Crippen LogP contribution in [-0.4, -0.2) is 24.2 Å².